The van der Waals surface area contributed by atoms with E-state index >= 15 is 0 Å². The highest BCUT2D eigenvalue weighted by atomic mass is 16.6. The molecule has 0 aliphatic heterocycles. The zero-order chi connectivity index (χ0) is 37.0. The molecule has 1 aliphatic carbocycles. The third-order valence-electron chi connectivity index (χ3n) is 8.81. The summed E-state index contributed by atoms with van der Waals surface area (Å²) in [6, 6.07) is 24.5. The molecule has 6 atom stereocenters. The molecule has 3 amide bonds. The quantitative estimate of drug-likeness (QED) is 0.127. The van der Waals surface area contributed by atoms with Crippen molar-refractivity contribution in [3.05, 3.63) is 107 Å². The maximum Gasteiger partial charge on any atom is 0.408 e. The number of aliphatic hydroxyl groups excluding tert-OH is 2. The fourth-order valence-corrected chi connectivity index (χ4v) is 6.16. The van der Waals surface area contributed by atoms with Crippen LogP contribution in [0, 0.1) is 5.92 Å². The Balaban J connectivity index is 1.38. The molecule has 276 valence electrons. The lowest BCUT2D eigenvalue weighted by Crippen LogP contribution is -2.57. The van der Waals surface area contributed by atoms with Gasteiger partial charge in [0.1, 0.15) is 17.7 Å². The van der Waals surface area contributed by atoms with Gasteiger partial charge in [0.15, 0.2) is 0 Å². The van der Waals surface area contributed by atoms with Gasteiger partial charge in [-0.1, -0.05) is 98.8 Å². The van der Waals surface area contributed by atoms with Crippen LogP contribution in [0.4, 0.5) is 9.59 Å². The highest BCUT2D eigenvalue weighted by Crippen LogP contribution is 2.33. The zero-order valence-electron chi connectivity index (χ0n) is 30.3. The van der Waals surface area contributed by atoms with Crippen molar-refractivity contribution >= 4 is 18.1 Å². The molecule has 11 nitrogen and oxygen atoms in total. The van der Waals surface area contributed by atoms with Crippen molar-refractivity contribution in [1.29, 1.82) is 0 Å². The Morgan fingerprint density at radius 2 is 1.27 bits per heavy atom. The van der Waals surface area contributed by atoms with Gasteiger partial charge in [0, 0.05) is 13.1 Å². The summed E-state index contributed by atoms with van der Waals surface area (Å²) in [7, 11) is 0. The first kappa shape index (κ1) is 39.3. The lowest BCUT2D eigenvalue weighted by Gasteiger charge is -2.30. The number of alkyl carbamates (subject to hydrolysis) is 2. The summed E-state index contributed by atoms with van der Waals surface area (Å²) in [6.45, 7) is 9.04. The Bertz CT molecular complexity index is 1550. The molecule has 0 bridgehead atoms. The number of carbonyl (C=O) groups excluding carboxylic acids is 3. The first-order valence-corrected chi connectivity index (χ1v) is 17.8. The number of carbonyl (C=O) groups is 3. The van der Waals surface area contributed by atoms with E-state index in [9.17, 15) is 24.6 Å². The molecule has 0 aromatic heterocycles. The van der Waals surface area contributed by atoms with Gasteiger partial charge in [-0.05, 0) is 74.6 Å². The topological polar surface area (TPSA) is 158 Å². The third kappa shape index (κ3) is 12.7. The van der Waals surface area contributed by atoms with Crippen molar-refractivity contribution in [3.63, 3.8) is 0 Å². The van der Waals surface area contributed by atoms with E-state index in [1.807, 2.05) is 98.8 Å². The molecule has 4 rings (SSSR count). The Hall–Kier alpha value is -4.45. The zero-order valence-corrected chi connectivity index (χ0v) is 30.3. The van der Waals surface area contributed by atoms with Crippen molar-refractivity contribution in [2.24, 2.45) is 5.92 Å². The molecule has 0 radical (unpaired) electrons. The molecule has 1 aliphatic rings. The van der Waals surface area contributed by atoms with Crippen LogP contribution in [0.25, 0.3) is 0 Å². The van der Waals surface area contributed by atoms with E-state index in [4.69, 9.17) is 9.47 Å². The van der Waals surface area contributed by atoms with Crippen LogP contribution in [0.5, 0.6) is 0 Å². The van der Waals surface area contributed by atoms with Crippen LogP contribution in [-0.4, -0.2) is 77.3 Å². The Labute approximate surface area is 301 Å². The number of hydrogen-bond donors (Lipinski definition) is 6. The van der Waals surface area contributed by atoms with Gasteiger partial charge >= 0.3 is 12.2 Å². The summed E-state index contributed by atoms with van der Waals surface area (Å²) in [5.74, 6) is -0.714. The van der Waals surface area contributed by atoms with Crippen LogP contribution in [0.2, 0.25) is 0 Å². The van der Waals surface area contributed by atoms with E-state index in [1.165, 1.54) is 0 Å². The standard InChI is InChI=1S/C40H54N4O7/c1-26(2)36(44-38(48)50-35-21-20-29-18-12-13-19-30(29)35)37(47)42-31(22-27-14-8-6-9-15-27)33(45)24-41-25-34(46)32(23-28-16-10-7-11-17-28)43-39(49)51-40(3,4)5/h6-19,26,31-36,41,45-46H,20-25H2,1-5H3,(H,42,47)(H,43,49)(H,44,48)/t31-,32-,33+,34+,35?,36-/m0/s1. The number of rotatable bonds is 16. The van der Waals surface area contributed by atoms with E-state index in [0.717, 1.165) is 28.7 Å². The van der Waals surface area contributed by atoms with Gasteiger partial charge in [-0.3, -0.25) is 4.79 Å². The van der Waals surface area contributed by atoms with Crippen LogP contribution in [-0.2, 0) is 33.5 Å². The second-order valence-corrected chi connectivity index (χ2v) is 14.5. The number of aryl methyl sites for hydroxylation is 1. The number of nitrogens with one attached hydrogen (secondary N) is 4. The first-order chi connectivity index (χ1) is 24.3. The molecule has 3 aromatic carbocycles. The fraction of sp³-hybridized carbons (Fsp3) is 0.475. The Morgan fingerprint density at radius 1 is 0.745 bits per heavy atom. The lowest BCUT2D eigenvalue weighted by molar-refractivity contribution is -0.125. The van der Waals surface area contributed by atoms with E-state index in [0.29, 0.717) is 19.3 Å². The van der Waals surface area contributed by atoms with Gasteiger partial charge in [0.05, 0.1) is 24.3 Å². The van der Waals surface area contributed by atoms with Crippen LogP contribution in [0.15, 0.2) is 84.9 Å². The third-order valence-corrected chi connectivity index (χ3v) is 8.81. The number of fused-ring (bicyclic) bond motifs is 1. The summed E-state index contributed by atoms with van der Waals surface area (Å²) < 4.78 is 11.2. The molecular formula is C40H54N4O7. The molecule has 6 N–H and O–H groups in total. The van der Waals surface area contributed by atoms with E-state index in [1.54, 1.807) is 20.8 Å². The van der Waals surface area contributed by atoms with E-state index in [2.05, 4.69) is 21.3 Å². The average molecular weight is 703 g/mol. The highest BCUT2D eigenvalue weighted by molar-refractivity contribution is 5.86. The van der Waals surface area contributed by atoms with Crippen LogP contribution < -0.4 is 21.3 Å². The molecule has 0 saturated carbocycles. The van der Waals surface area contributed by atoms with Crippen molar-refractivity contribution < 1.29 is 34.1 Å². The summed E-state index contributed by atoms with van der Waals surface area (Å²) in [6.07, 6.45) is -1.60. The molecule has 0 fully saturated rings. The molecule has 0 spiro atoms. The van der Waals surface area contributed by atoms with Crippen molar-refractivity contribution in [2.45, 2.75) is 102 Å². The largest absolute Gasteiger partial charge is 0.444 e. The Morgan fingerprint density at radius 3 is 1.82 bits per heavy atom. The van der Waals surface area contributed by atoms with Crippen molar-refractivity contribution in [1.82, 2.24) is 21.3 Å². The molecule has 3 aromatic rings. The van der Waals surface area contributed by atoms with Gasteiger partial charge < -0.3 is 41.0 Å². The lowest BCUT2D eigenvalue weighted by atomic mass is 9.98. The first-order valence-electron chi connectivity index (χ1n) is 17.8. The van der Waals surface area contributed by atoms with E-state index < -0.39 is 54.0 Å². The minimum Gasteiger partial charge on any atom is -0.444 e. The molecular weight excluding hydrogens is 648 g/mol. The number of hydrogen-bond acceptors (Lipinski definition) is 8. The van der Waals surface area contributed by atoms with Crippen molar-refractivity contribution in [3.8, 4) is 0 Å². The van der Waals surface area contributed by atoms with Gasteiger partial charge in [-0.15, -0.1) is 0 Å². The predicted molar refractivity (Wildman–Crippen MR) is 196 cm³/mol. The minimum absolute atomic E-state index is 0.0300. The number of aliphatic hydroxyl groups is 2. The summed E-state index contributed by atoms with van der Waals surface area (Å²) in [4.78, 5) is 39.4. The molecule has 1 unspecified atom stereocenters. The minimum atomic E-state index is -1.07. The Kier molecular flexibility index (Phi) is 14.4. The van der Waals surface area contributed by atoms with Crippen LogP contribution in [0.1, 0.15) is 69.4 Å². The second kappa shape index (κ2) is 18.7. The molecule has 0 saturated heterocycles. The average Bonchev–Trinajstić information content (AvgIpc) is 3.48. The van der Waals surface area contributed by atoms with Gasteiger partial charge in [0.25, 0.3) is 0 Å². The molecule has 51 heavy (non-hydrogen) atoms. The van der Waals surface area contributed by atoms with Gasteiger partial charge in [-0.2, -0.15) is 0 Å². The number of ether oxygens (including phenoxy) is 2. The monoisotopic (exact) mass is 702 g/mol. The van der Waals surface area contributed by atoms with Gasteiger partial charge in [-0.25, -0.2) is 9.59 Å². The maximum atomic E-state index is 13.7. The SMILES string of the molecule is CC(C)[C@H](NC(=O)OC1CCc2ccccc21)C(=O)N[C@@H](Cc1ccccc1)[C@H](O)CNC[C@@H](O)[C@H](Cc1ccccc1)NC(=O)OC(C)(C)C. The number of benzene rings is 3. The smallest absolute Gasteiger partial charge is 0.408 e. The summed E-state index contributed by atoms with van der Waals surface area (Å²) in [5, 5.41) is 34.2. The maximum absolute atomic E-state index is 13.7. The molecule has 11 heteroatoms. The highest BCUT2D eigenvalue weighted by Gasteiger charge is 2.32. The fourth-order valence-electron chi connectivity index (χ4n) is 6.16. The predicted octanol–water partition coefficient (Wildman–Crippen LogP) is 4.60. The normalized spacial score (nSPS) is 17.0. The summed E-state index contributed by atoms with van der Waals surface area (Å²) in [5.41, 5.74) is 3.25. The van der Waals surface area contributed by atoms with Crippen LogP contribution >= 0.6 is 0 Å². The molecule has 0 heterocycles. The van der Waals surface area contributed by atoms with Crippen LogP contribution in [0.3, 0.4) is 0 Å². The number of amides is 3. The summed E-state index contributed by atoms with van der Waals surface area (Å²) >= 11 is 0. The van der Waals surface area contributed by atoms with Crippen molar-refractivity contribution in [2.75, 3.05) is 13.1 Å². The second-order valence-electron chi connectivity index (χ2n) is 14.5. The van der Waals surface area contributed by atoms with E-state index in [-0.39, 0.29) is 25.1 Å². The van der Waals surface area contributed by atoms with Gasteiger partial charge in [0.2, 0.25) is 5.91 Å².